The maximum atomic E-state index is 9.62. The maximum absolute atomic E-state index is 9.62. The lowest BCUT2D eigenvalue weighted by Gasteiger charge is -2.42. The molecule has 3 nitrogen and oxygen atoms in total. The van der Waals surface area contributed by atoms with Crippen LogP contribution in [0.4, 0.5) is 0 Å². The summed E-state index contributed by atoms with van der Waals surface area (Å²) in [5.74, 6) is 0.420. The number of nitrogens with zero attached hydrogens (tertiary/aromatic N) is 1. The largest absolute Gasteiger partial charge is 0.396 e. The SMILES string of the molecule is OCC1CCN2CCCC2C1NCc1ccccc1. The number of hydrogen-bond acceptors (Lipinski definition) is 3. The zero-order chi connectivity index (χ0) is 13.1. The van der Waals surface area contributed by atoms with Gasteiger partial charge in [-0.2, -0.15) is 0 Å². The second kappa shape index (κ2) is 6.04. The highest BCUT2D eigenvalue weighted by atomic mass is 16.3. The molecule has 0 saturated carbocycles. The van der Waals surface area contributed by atoms with Crippen LogP contribution in [0.5, 0.6) is 0 Å². The number of hydrogen-bond donors (Lipinski definition) is 2. The fraction of sp³-hybridized carbons (Fsp3) is 0.625. The van der Waals surface area contributed by atoms with Crippen molar-refractivity contribution < 1.29 is 5.11 Å². The van der Waals surface area contributed by atoms with Crippen LogP contribution in [-0.2, 0) is 6.54 Å². The molecule has 2 saturated heterocycles. The Morgan fingerprint density at radius 3 is 2.79 bits per heavy atom. The molecule has 0 aliphatic carbocycles. The lowest BCUT2D eigenvalue weighted by atomic mass is 9.86. The molecule has 3 rings (SSSR count). The van der Waals surface area contributed by atoms with Crippen molar-refractivity contribution in [1.82, 2.24) is 10.2 Å². The minimum Gasteiger partial charge on any atom is -0.396 e. The first-order chi connectivity index (χ1) is 9.38. The standard InChI is InChI=1S/C16H24N2O/c19-12-14-8-10-18-9-4-7-15(18)16(14)17-11-13-5-2-1-3-6-13/h1-3,5-6,14-17,19H,4,7-12H2. The Labute approximate surface area is 115 Å². The number of aliphatic hydroxyl groups is 1. The van der Waals surface area contributed by atoms with E-state index in [1.807, 2.05) is 0 Å². The molecule has 0 amide bonds. The summed E-state index contributed by atoms with van der Waals surface area (Å²) < 4.78 is 0. The number of aliphatic hydroxyl groups excluding tert-OH is 1. The Kier molecular flexibility index (Phi) is 4.16. The van der Waals surface area contributed by atoms with Gasteiger partial charge in [0.05, 0.1) is 0 Å². The maximum Gasteiger partial charge on any atom is 0.0475 e. The summed E-state index contributed by atoms with van der Waals surface area (Å²) in [4.78, 5) is 2.61. The average molecular weight is 260 g/mol. The highest BCUT2D eigenvalue weighted by Gasteiger charge is 2.39. The van der Waals surface area contributed by atoms with Crippen LogP contribution in [0.25, 0.3) is 0 Å². The third-order valence-electron chi connectivity index (χ3n) is 4.74. The predicted molar refractivity (Wildman–Crippen MR) is 76.9 cm³/mol. The zero-order valence-corrected chi connectivity index (χ0v) is 11.5. The summed E-state index contributed by atoms with van der Waals surface area (Å²) in [6, 6.07) is 11.6. The average Bonchev–Trinajstić information content (AvgIpc) is 2.94. The minimum atomic E-state index is 0.316. The first-order valence-corrected chi connectivity index (χ1v) is 7.50. The molecular formula is C16H24N2O. The molecule has 1 aromatic carbocycles. The molecule has 2 heterocycles. The summed E-state index contributed by atoms with van der Waals surface area (Å²) in [7, 11) is 0. The van der Waals surface area contributed by atoms with E-state index in [2.05, 4.69) is 40.5 Å². The van der Waals surface area contributed by atoms with Gasteiger partial charge < -0.3 is 10.4 Å². The molecule has 2 fully saturated rings. The molecule has 104 valence electrons. The fourth-order valence-electron chi connectivity index (χ4n) is 3.70. The first-order valence-electron chi connectivity index (χ1n) is 7.50. The van der Waals surface area contributed by atoms with Crippen LogP contribution in [0.3, 0.4) is 0 Å². The van der Waals surface area contributed by atoms with Crippen LogP contribution in [0, 0.1) is 5.92 Å². The lowest BCUT2D eigenvalue weighted by Crippen LogP contribution is -2.56. The van der Waals surface area contributed by atoms with E-state index in [4.69, 9.17) is 0 Å². The lowest BCUT2D eigenvalue weighted by molar-refractivity contribution is 0.0674. The van der Waals surface area contributed by atoms with Crippen molar-refractivity contribution in [3.63, 3.8) is 0 Å². The summed E-state index contributed by atoms with van der Waals surface area (Å²) in [5.41, 5.74) is 1.33. The Morgan fingerprint density at radius 1 is 1.16 bits per heavy atom. The van der Waals surface area contributed by atoms with Crippen molar-refractivity contribution >= 4 is 0 Å². The highest BCUT2D eigenvalue weighted by molar-refractivity contribution is 5.14. The minimum absolute atomic E-state index is 0.316. The molecule has 3 unspecified atom stereocenters. The van der Waals surface area contributed by atoms with Gasteiger partial charge in [-0.1, -0.05) is 30.3 Å². The molecule has 3 heteroatoms. The van der Waals surface area contributed by atoms with Crippen LogP contribution in [-0.4, -0.2) is 41.8 Å². The molecule has 19 heavy (non-hydrogen) atoms. The molecular weight excluding hydrogens is 236 g/mol. The highest BCUT2D eigenvalue weighted by Crippen LogP contribution is 2.30. The molecule has 3 atom stereocenters. The van der Waals surface area contributed by atoms with Crippen molar-refractivity contribution in [2.24, 2.45) is 5.92 Å². The molecule has 2 aliphatic heterocycles. The second-order valence-electron chi connectivity index (χ2n) is 5.87. The number of rotatable bonds is 4. The van der Waals surface area contributed by atoms with E-state index in [0.717, 1.165) is 13.0 Å². The number of benzene rings is 1. The van der Waals surface area contributed by atoms with Gasteiger partial charge in [0.2, 0.25) is 0 Å². The molecule has 2 N–H and O–H groups in total. The molecule has 2 aliphatic rings. The Balaban J connectivity index is 1.65. The van der Waals surface area contributed by atoms with Crippen molar-refractivity contribution in [3.8, 4) is 0 Å². The monoisotopic (exact) mass is 260 g/mol. The Bertz CT molecular complexity index is 395. The van der Waals surface area contributed by atoms with Gasteiger partial charge in [0.15, 0.2) is 0 Å². The van der Waals surface area contributed by atoms with Crippen LogP contribution in [0.15, 0.2) is 30.3 Å². The summed E-state index contributed by atoms with van der Waals surface area (Å²) >= 11 is 0. The zero-order valence-electron chi connectivity index (χ0n) is 11.5. The van der Waals surface area contributed by atoms with E-state index in [0.29, 0.717) is 24.6 Å². The second-order valence-corrected chi connectivity index (χ2v) is 5.87. The molecule has 0 spiro atoms. The smallest absolute Gasteiger partial charge is 0.0475 e. The van der Waals surface area contributed by atoms with Gasteiger partial charge in [-0.3, -0.25) is 4.90 Å². The normalized spacial score (nSPS) is 31.3. The van der Waals surface area contributed by atoms with Crippen molar-refractivity contribution in [3.05, 3.63) is 35.9 Å². The fourth-order valence-corrected chi connectivity index (χ4v) is 3.70. The van der Waals surface area contributed by atoms with E-state index in [1.54, 1.807) is 0 Å². The van der Waals surface area contributed by atoms with Gasteiger partial charge in [-0.05, 0) is 37.9 Å². The van der Waals surface area contributed by atoms with E-state index in [1.165, 1.54) is 31.5 Å². The Morgan fingerprint density at radius 2 is 2.00 bits per heavy atom. The van der Waals surface area contributed by atoms with Crippen molar-refractivity contribution in [2.75, 3.05) is 19.7 Å². The van der Waals surface area contributed by atoms with Crippen LogP contribution in [0.2, 0.25) is 0 Å². The quantitative estimate of drug-likeness (QED) is 0.863. The first kappa shape index (κ1) is 13.1. The van der Waals surface area contributed by atoms with E-state index >= 15 is 0 Å². The molecule has 0 aromatic heterocycles. The number of nitrogens with one attached hydrogen (secondary N) is 1. The predicted octanol–water partition coefficient (Wildman–Crippen LogP) is 1.62. The van der Waals surface area contributed by atoms with Gasteiger partial charge in [0.25, 0.3) is 0 Å². The third kappa shape index (κ3) is 2.83. The van der Waals surface area contributed by atoms with Crippen LogP contribution in [0.1, 0.15) is 24.8 Å². The van der Waals surface area contributed by atoms with Gasteiger partial charge in [0, 0.05) is 31.2 Å². The number of fused-ring (bicyclic) bond motifs is 1. The van der Waals surface area contributed by atoms with Gasteiger partial charge in [-0.15, -0.1) is 0 Å². The van der Waals surface area contributed by atoms with E-state index in [-0.39, 0.29) is 0 Å². The molecule has 0 bridgehead atoms. The summed E-state index contributed by atoms with van der Waals surface area (Å²) in [6.07, 6.45) is 3.72. The van der Waals surface area contributed by atoms with Crippen molar-refractivity contribution in [1.29, 1.82) is 0 Å². The topological polar surface area (TPSA) is 35.5 Å². The molecule has 1 aromatic rings. The summed E-state index contributed by atoms with van der Waals surface area (Å²) in [5, 5.41) is 13.3. The van der Waals surface area contributed by atoms with Crippen molar-refractivity contribution in [2.45, 2.75) is 37.9 Å². The van der Waals surface area contributed by atoms with Crippen LogP contribution < -0.4 is 5.32 Å². The summed E-state index contributed by atoms with van der Waals surface area (Å²) in [6.45, 7) is 3.63. The van der Waals surface area contributed by atoms with E-state index in [9.17, 15) is 5.11 Å². The Hall–Kier alpha value is -0.900. The number of piperidine rings is 1. The third-order valence-corrected chi connectivity index (χ3v) is 4.74. The van der Waals surface area contributed by atoms with Crippen LogP contribution >= 0.6 is 0 Å². The molecule has 0 radical (unpaired) electrons. The van der Waals surface area contributed by atoms with E-state index < -0.39 is 0 Å². The van der Waals surface area contributed by atoms with Gasteiger partial charge >= 0.3 is 0 Å². The van der Waals surface area contributed by atoms with Gasteiger partial charge in [-0.25, -0.2) is 0 Å². The van der Waals surface area contributed by atoms with Gasteiger partial charge in [0.1, 0.15) is 0 Å².